The van der Waals surface area contributed by atoms with Gasteiger partial charge in [-0.25, -0.2) is 0 Å². The zero-order chi connectivity index (χ0) is 19.2. The first-order chi connectivity index (χ1) is 12.5. The average Bonchev–Trinajstić information content (AvgIpc) is 3.34. The van der Waals surface area contributed by atoms with Crippen LogP contribution in [0.5, 0.6) is 0 Å². The van der Waals surface area contributed by atoms with Crippen molar-refractivity contribution < 1.29 is 18.8 Å². The van der Waals surface area contributed by atoms with Gasteiger partial charge in [-0.15, -0.1) is 0 Å². The lowest BCUT2D eigenvalue weighted by molar-refractivity contribution is -0.122. The molecular formula is C19H31N3O4. The highest BCUT2D eigenvalue weighted by atomic mass is 16.5. The van der Waals surface area contributed by atoms with E-state index in [9.17, 15) is 9.59 Å². The molecule has 0 radical (unpaired) electrons. The summed E-state index contributed by atoms with van der Waals surface area (Å²) in [5, 5.41) is 6.71. The number of aromatic nitrogens is 1. The molecule has 1 unspecified atom stereocenters. The first-order valence-corrected chi connectivity index (χ1v) is 9.59. The Kier molecular flexibility index (Phi) is 7.34. The van der Waals surface area contributed by atoms with Gasteiger partial charge in [-0.2, -0.15) is 0 Å². The third kappa shape index (κ3) is 4.71. The molecule has 146 valence electrons. The summed E-state index contributed by atoms with van der Waals surface area (Å²) in [7, 11) is 0. The van der Waals surface area contributed by atoms with Crippen LogP contribution >= 0.6 is 0 Å². The third-order valence-electron chi connectivity index (χ3n) is 4.97. The molecule has 1 N–H and O–H groups in total. The second-order valence-corrected chi connectivity index (χ2v) is 7.14. The molecule has 1 atom stereocenters. The Labute approximate surface area is 155 Å². The Morgan fingerprint density at radius 1 is 1.31 bits per heavy atom. The van der Waals surface area contributed by atoms with E-state index >= 15 is 0 Å². The largest absolute Gasteiger partial charge is 0.381 e. The number of nitrogens with zero attached hydrogens (tertiary/aromatic N) is 2. The Bertz CT molecular complexity index is 593. The van der Waals surface area contributed by atoms with Gasteiger partial charge in [0.15, 0.2) is 0 Å². The number of nitrogens with one attached hydrogen (secondary N) is 1. The van der Waals surface area contributed by atoms with Crippen LogP contribution in [0.15, 0.2) is 10.6 Å². The Morgan fingerprint density at radius 2 is 2.00 bits per heavy atom. The molecule has 3 rings (SSSR count). The van der Waals surface area contributed by atoms with Crippen molar-refractivity contribution in [3.8, 4) is 0 Å². The second-order valence-electron chi connectivity index (χ2n) is 7.14. The maximum absolute atomic E-state index is 12.7. The van der Waals surface area contributed by atoms with Gasteiger partial charge in [-0.05, 0) is 46.1 Å². The van der Waals surface area contributed by atoms with Gasteiger partial charge in [-0.3, -0.25) is 15.0 Å². The monoisotopic (exact) mass is 365 g/mol. The number of carbonyl (C=O) groups excluding carboxylic acids is 2. The summed E-state index contributed by atoms with van der Waals surface area (Å²) in [6.07, 6.45) is 4.65. The van der Waals surface area contributed by atoms with E-state index in [0.717, 1.165) is 51.7 Å². The summed E-state index contributed by atoms with van der Waals surface area (Å²) in [6.45, 7) is 9.99. The maximum Gasteiger partial charge on any atom is 0.244 e. The number of aldehydes is 1. The van der Waals surface area contributed by atoms with Crippen molar-refractivity contribution >= 4 is 18.1 Å². The quantitative estimate of drug-likeness (QED) is 0.808. The van der Waals surface area contributed by atoms with Gasteiger partial charge in [-0.1, -0.05) is 19.0 Å². The van der Waals surface area contributed by atoms with Crippen LogP contribution in [0.25, 0.3) is 0 Å². The number of amides is 1. The van der Waals surface area contributed by atoms with Crippen molar-refractivity contribution in [2.45, 2.75) is 70.9 Å². The number of hydrogen-bond acceptors (Lipinski definition) is 6. The molecular weight excluding hydrogens is 334 g/mol. The summed E-state index contributed by atoms with van der Waals surface area (Å²) < 4.78 is 10.6. The molecule has 26 heavy (non-hydrogen) atoms. The molecule has 1 aromatic heterocycles. The van der Waals surface area contributed by atoms with Crippen LogP contribution in [0.3, 0.4) is 0 Å². The van der Waals surface area contributed by atoms with Gasteiger partial charge in [0.1, 0.15) is 6.29 Å². The van der Waals surface area contributed by atoms with E-state index in [1.54, 1.807) is 19.9 Å². The number of carbonyl (C=O) groups is 2. The van der Waals surface area contributed by atoms with Gasteiger partial charge in [0, 0.05) is 25.3 Å². The molecule has 1 aromatic rings. The van der Waals surface area contributed by atoms with E-state index in [2.05, 4.69) is 15.4 Å². The van der Waals surface area contributed by atoms with Crippen LogP contribution in [-0.2, 0) is 19.7 Å². The number of ether oxygens (including phenoxy) is 1. The zero-order valence-corrected chi connectivity index (χ0v) is 16.3. The van der Waals surface area contributed by atoms with Crippen molar-refractivity contribution in [1.29, 1.82) is 0 Å². The van der Waals surface area contributed by atoms with Crippen molar-refractivity contribution in [3.05, 3.63) is 11.8 Å². The van der Waals surface area contributed by atoms with Crippen LogP contribution in [0.4, 0.5) is 5.88 Å². The maximum atomic E-state index is 12.7. The predicted molar refractivity (Wildman–Crippen MR) is 99.1 cm³/mol. The average molecular weight is 365 g/mol. The topological polar surface area (TPSA) is 84.7 Å². The molecule has 2 saturated heterocycles. The predicted octanol–water partition coefficient (Wildman–Crippen LogP) is 2.76. The first kappa shape index (κ1) is 20.6. The van der Waals surface area contributed by atoms with Crippen molar-refractivity contribution in [2.75, 3.05) is 25.1 Å². The SMILES string of the molecule is CC.CC(C)(C=O)c1cc(NC(=O)C2CCCN2C2CCOCC2)on1. The molecule has 0 aliphatic carbocycles. The number of rotatable bonds is 5. The van der Waals surface area contributed by atoms with Gasteiger partial charge in [0.25, 0.3) is 0 Å². The van der Waals surface area contributed by atoms with Crippen molar-refractivity contribution in [3.63, 3.8) is 0 Å². The highest BCUT2D eigenvalue weighted by Crippen LogP contribution is 2.27. The molecule has 2 aliphatic rings. The van der Waals surface area contributed by atoms with Gasteiger partial charge >= 0.3 is 0 Å². The lowest BCUT2D eigenvalue weighted by Gasteiger charge is -2.34. The fraction of sp³-hybridized carbons (Fsp3) is 0.737. The number of hydrogen-bond donors (Lipinski definition) is 1. The summed E-state index contributed by atoms with van der Waals surface area (Å²) in [5.74, 6) is 0.231. The highest BCUT2D eigenvalue weighted by molar-refractivity contribution is 5.94. The van der Waals surface area contributed by atoms with Crippen LogP contribution in [0.2, 0.25) is 0 Å². The summed E-state index contributed by atoms with van der Waals surface area (Å²) >= 11 is 0. The van der Waals surface area contributed by atoms with Crippen LogP contribution in [0, 0.1) is 0 Å². The molecule has 3 heterocycles. The van der Waals surface area contributed by atoms with Gasteiger partial charge in [0.05, 0.1) is 17.2 Å². The molecule has 7 nitrogen and oxygen atoms in total. The molecule has 0 spiro atoms. The minimum Gasteiger partial charge on any atom is -0.381 e. The molecule has 2 fully saturated rings. The molecule has 0 bridgehead atoms. The van der Waals surface area contributed by atoms with Crippen LogP contribution in [0.1, 0.15) is 59.1 Å². The highest BCUT2D eigenvalue weighted by Gasteiger charge is 2.36. The van der Waals surface area contributed by atoms with E-state index < -0.39 is 5.41 Å². The molecule has 1 amide bonds. The first-order valence-electron chi connectivity index (χ1n) is 9.59. The summed E-state index contributed by atoms with van der Waals surface area (Å²) in [6, 6.07) is 1.90. The summed E-state index contributed by atoms with van der Waals surface area (Å²) in [4.78, 5) is 26.1. The van der Waals surface area contributed by atoms with Crippen LogP contribution in [-0.4, -0.2) is 54.1 Å². The zero-order valence-electron chi connectivity index (χ0n) is 16.3. The third-order valence-corrected chi connectivity index (χ3v) is 4.97. The van der Waals surface area contributed by atoms with E-state index in [4.69, 9.17) is 9.26 Å². The minimum absolute atomic E-state index is 0.0643. The smallest absolute Gasteiger partial charge is 0.244 e. The lowest BCUT2D eigenvalue weighted by Crippen LogP contribution is -2.47. The normalized spacial score (nSPS) is 21.8. The van der Waals surface area contributed by atoms with E-state index in [1.807, 2.05) is 13.8 Å². The van der Waals surface area contributed by atoms with E-state index in [1.165, 1.54) is 0 Å². The van der Waals surface area contributed by atoms with E-state index in [-0.39, 0.29) is 11.9 Å². The molecule has 2 aliphatic heterocycles. The lowest BCUT2D eigenvalue weighted by atomic mass is 9.92. The number of anilines is 1. The van der Waals surface area contributed by atoms with E-state index in [0.29, 0.717) is 17.6 Å². The molecule has 7 heteroatoms. The Hall–Kier alpha value is -1.73. The number of likely N-dealkylation sites (tertiary alicyclic amines) is 1. The minimum atomic E-state index is -0.728. The second kappa shape index (κ2) is 9.28. The summed E-state index contributed by atoms with van der Waals surface area (Å²) in [5.41, 5.74) is -0.214. The van der Waals surface area contributed by atoms with Crippen LogP contribution < -0.4 is 5.32 Å². The fourth-order valence-corrected chi connectivity index (χ4v) is 3.43. The van der Waals surface area contributed by atoms with Crippen molar-refractivity contribution in [1.82, 2.24) is 10.1 Å². The standard InChI is InChI=1S/C17H25N3O4.C2H6/c1-17(2,11-21)14-10-15(24-19-14)18-16(22)13-4-3-7-20(13)12-5-8-23-9-6-12;1-2/h10-13H,3-9H2,1-2H3,(H,18,22);1-2H3. The Morgan fingerprint density at radius 3 is 2.65 bits per heavy atom. The molecule has 0 aromatic carbocycles. The van der Waals surface area contributed by atoms with Gasteiger partial charge < -0.3 is 14.1 Å². The van der Waals surface area contributed by atoms with Gasteiger partial charge in [0.2, 0.25) is 11.8 Å². The Balaban J connectivity index is 0.00000117. The fourth-order valence-electron chi connectivity index (χ4n) is 3.43. The molecule has 0 saturated carbocycles. The van der Waals surface area contributed by atoms with Crippen molar-refractivity contribution in [2.24, 2.45) is 0 Å².